The summed E-state index contributed by atoms with van der Waals surface area (Å²) in [7, 11) is 0. The Balaban J connectivity index is 0.00000204. The van der Waals surface area contributed by atoms with Gasteiger partial charge < -0.3 is 19.6 Å². The summed E-state index contributed by atoms with van der Waals surface area (Å²) in [6, 6.07) is 14.0. The Morgan fingerprint density at radius 2 is 2.00 bits per heavy atom. The largest absolute Gasteiger partial charge is 0.510 e. The minimum atomic E-state index is -0.0962. The number of phenols is 1. The van der Waals surface area contributed by atoms with Gasteiger partial charge in [-0.15, -0.1) is 0 Å². The third kappa shape index (κ3) is 3.45. The van der Waals surface area contributed by atoms with E-state index in [9.17, 15) is 5.11 Å². The van der Waals surface area contributed by atoms with E-state index in [1.807, 2.05) is 24.4 Å². The Bertz CT molecular complexity index is 1330. The molecule has 0 amide bonds. The van der Waals surface area contributed by atoms with Crippen molar-refractivity contribution in [2.24, 2.45) is 4.99 Å². The van der Waals surface area contributed by atoms with Crippen molar-refractivity contribution in [1.29, 1.82) is 0 Å². The van der Waals surface area contributed by atoms with Crippen molar-refractivity contribution < 1.29 is 35.6 Å². The average Bonchev–Trinajstić information content (AvgIpc) is 3.33. The third-order valence-electron chi connectivity index (χ3n) is 5.32. The van der Waals surface area contributed by atoms with Crippen LogP contribution in [0.3, 0.4) is 0 Å². The Morgan fingerprint density at radius 3 is 2.94 bits per heavy atom. The van der Waals surface area contributed by atoms with Crippen molar-refractivity contribution in [1.82, 2.24) is 15.0 Å². The van der Waals surface area contributed by atoms with Crippen LogP contribution in [0, 0.1) is 6.07 Å². The van der Waals surface area contributed by atoms with Crippen LogP contribution in [-0.4, -0.2) is 32.0 Å². The van der Waals surface area contributed by atoms with E-state index in [4.69, 9.17) is 14.5 Å². The van der Waals surface area contributed by atoms with Gasteiger partial charge >= 0.3 is 0 Å². The Hall–Kier alpha value is -3.31. The van der Waals surface area contributed by atoms with Gasteiger partial charge in [-0.3, -0.25) is 9.98 Å². The number of phenolic OH excluding ortho intramolecular Hbond substituents is 1. The van der Waals surface area contributed by atoms with Gasteiger partial charge in [0.15, 0.2) is 0 Å². The molecule has 1 aliphatic heterocycles. The summed E-state index contributed by atoms with van der Waals surface area (Å²) in [6.45, 7) is 0. The summed E-state index contributed by atoms with van der Waals surface area (Å²) in [6.07, 6.45) is 7.58. The van der Waals surface area contributed by atoms with E-state index >= 15 is 0 Å². The van der Waals surface area contributed by atoms with E-state index < -0.39 is 0 Å². The fraction of sp³-hybridized carbons (Fsp3) is 0.130. The Morgan fingerprint density at radius 1 is 1.06 bits per heavy atom. The molecule has 1 aliphatic carbocycles. The van der Waals surface area contributed by atoms with Crippen molar-refractivity contribution >= 4 is 16.8 Å². The molecule has 2 atom stereocenters. The number of nitrogens with zero attached hydrogens (tertiary/aromatic N) is 4. The zero-order chi connectivity index (χ0) is 20.1. The van der Waals surface area contributed by atoms with E-state index in [0.717, 1.165) is 17.4 Å². The molecule has 0 saturated carbocycles. The first-order chi connectivity index (χ1) is 14.7. The number of hydrogen-bond donors (Lipinski definition) is 1. The zero-order valence-electron chi connectivity index (χ0n) is 16.0. The number of hydrogen-bond acceptors (Lipinski definition) is 7. The number of para-hydroxylation sites is 1. The molecule has 0 fully saturated rings. The van der Waals surface area contributed by atoms with Crippen LogP contribution in [0.5, 0.6) is 17.4 Å². The van der Waals surface area contributed by atoms with E-state index in [1.54, 1.807) is 36.8 Å². The number of aromatic hydroxyl groups is 1. The van der Waals surface area contributed by atoms with Crippen molar-refractivity contribution in [3.63, 3.8) is 0 Å². The van der Waals surface area contributed by atoms with Gasteiger partial charge in [-0.1, -0.05) is 30.0 Å². The number of pyridine rings is 3. The molecule has 4 heterocycles. The molecule has 3 aromatic heterocycles. The summed E-state index contributed by atoms with van der Waals surface area (Å²) < 4.78 is 12.0. The van der Waals surface area contributed by atoms with Crippen LogP contribution in [0.4, 0.5) is 0 Å². The smallest absolute Gasteiger partial charge is 0.217 e. The van der Waals surface area contributed by atoms with Gasteiger partial charge in [-0.05, 0) is 41.9 Å². The molecular formula is C23H15N4O3Pt-. The number of aliphatic imine (C=N–C) groups is 1. The molecule has 4 aromatic rings. The molecule has 1 aromatic carbocycles. The van der Waals surface area contributed by atoms with Crippen molar-refractivity contribution in [3.8, 4) is 17.4 Å². The first-order valence-electron chi connectivity index (χ1n) is 9.56. The number of aromatic nitrogens is 3. The second-order valence-electron chi connectivity index (χ2n) is 7.23. The monoisotopic (exact) mass is 590 g/mol. The Labute approximate surface area is 192 Å². The molecule has 0 radical (unpaired) electrons. The summed E-state index contributed by atoms with van der Waals surface area (Å²) in [5.41, 5.74) is 3.42. The molecule has 8 heteroatoms. The van der Waals surface area contributed by atoms with E-state index in [0.29, 0.717) is 28.6 Å². The molecule has 0 unspecified atom stereocenters. The number of rotatable bonds is 3. The van der Waals surface area contributed by atoms with Crippen LogP contribution in [0.25, 0.3) is 10.9 Å². The predicted molar refractivity (Wildman–Crippen MR) is 109 cm³/mol. The van der Waals surface area contributed by atoms with Crippen LogP contribution >= 0.6 is 0 Å². The van der Waals surface area contributed by atoms with Gasteiger partial charge in [0.2, 0.25) is 5.88 Å². The van der Waals surface area contributed by atoms with Crippen molar-refractivity contribution in [2.75, 3.05) is 0 Å². The van der Waals surface area contributed by atoms with Gasteiger partial charge in [0.25, 0.3) is 0 Å². The summed E-state index contributed by atoms with van der Waals surface area (Å²) in [4.78, 5) is 17.5. The fourth-order valence-corrected chi connectivity index (χ4v) is 3.94. The second-order valence-corrected chi connectivity index (χ2v) is 7.23. The molecule has 0 spiro atoms. The van der Waals surface area contributed by atoms with Gasteiger partial charge in [-0.25, -0.2) is 4.98 Å². The second kappa shape index (κ2) is 7.74. The zero-order valence-corrected chi connectivity index (χ0v) is 18.3. The normalized spacial score (nSPS) is 18.5. The molecule has 7 nitrogen and oxygen atoms in total. The van der Waals surface area contributed by atoms with Crippen LogP contribution in [-0.2, 0) is 32.2 Å². The SMILES string of the molecule is Oc1cccc2ccc(Oc3[c-]c(C4=N[C@H]5Cc6cnccc6[C@H]5O4)cnc3)nc12.[Pt]. The van der Waals surface area contributed by atoms with E-state index in [2.05, 4.69) is 21.0 Å². The van der Waals surface area contributed by atoms with E-state index in [-0.39, 0.29) is 39.0 Å². The fourth-order valence-electron chi connectivity index (χ4n) is 3.94. The molecule has 0 saturated heterocycles. The van der Waals surface area contributed by atoms with Gasteiger partial charge in [-0.2, -0.15) is 0 Å². The number of benzene rings is 1. The van der Waals surface area contributed by atoms with E-state index in [1.165, 1.54) is 5.56 Å². The first-order valence-corrected chi connectivity index (χ1v) is 9.56. The molecule has 1 N–H and O–H groups in total. The number of fused-ring (bicyclic) bond motifs is 4. The first kappa shape index (κ1) is 19.6. The molecule has 0 bridgehead atoms. The Kier molecular flexibility index (Phi) is 4.91. The van der Waals surface area contributed by atoms with Crippen LogP contribution in [0.1, 0.15) is 22.8 Å². The standard InChI is InChI=1S/C23H15N4O3.Pt/c28-19-3-1-2-13-4-5-20(27-21(13)19)29-16-8-15(11-25-12-16)23-26-18-9-14-10-24-7-6-17(14)22(18)30-23;/h1-7,10-12,18,22,28H,9H2;/q-1;/t18-,22+;/m0./s1. The quantitative estimate of drug-likeness (QED) is 0.366. The maximum atomic E-state index is 10.0. The summed E-state index contributed by atoms with van der Waals surface area (Å²) in [5, 5.41) is 10.9. The van der Waals surface area contributed by atoms with Crippen LogP contribution in [0.2, 0.25) is 0 Å². The van der Waals surface area contributed by atoms with Crippen molar-refractivity contribution in [3.05, 3.63) is 83.9 Å². The topological polar surface area (TPSA) is 89.7 Å². The third-order valence-corrected chi connectivity index (χ3v) is 5.32. The maximum absolute atomic E-state index is 10.0. The van der Waals surface area contributed by atoms with Crippen LogP contribution < -0.4 is 4.74 Å². The van der Waals surface area contributed by atoms with Gasteiger partial charge in [0, 0.05) is 44.9 Å². The van der Waals surface area contributed by atoms with Gasteiger partial charge in [0.1, 0.15) is 23.3 Å². The minimum Gasteiger partial charge on any atom is -0.510 e. The molecular weight excluding hydrogens is 575 g/mol. The summed E-state index contributed by atoms with van der Waals surface area (Å²) >= 11 is 0. The molecule has 2 aliphatic rings. The molecule has 156 valence electrons. The average molecular weight is 590 g/mol. The van der Waals surface area contributed by atoms with Gasteiger partial charge in [0.05, 0.1) is 11.8 Å². The van der Waals surface area contributed by atoms with Crippen molar-refractivity contribution in [2.45, 2.75) is 18.6 Å². The molecule has 31 heavy (non-hydrogen) atoms. The predicted octanol–water partition coefficient (Wildman–Crippen LogP) is 3.76. The maximum Gasteiger partial charge on any atom is 0.217 e. The molecule has 6 rings (SSSR count). The summed E-state index contributed by atoms with van der Waals surface area (Å²) in [5.74, 6) is 1.34. The minimum absolute atomic E-state index is 0. The number of ether oxygens (including phenoxy) is 2. The van der Waals surface area contributed by atoms with Crippen LogP contribution in [0.15, 0.2) is 66.2 Å².